The molecule has 1 unspecified atom stereocenters. The van der Waals surface area contributed by atoms with Gasteiger partial charge in [-0.25, -0.2) is 8.42 Å². The molecule has 1 aromatic rings. The summed E-state index contributed by atoms with van der Waals surface area (Å²) in [6.45, 7) is 0. The lowest BCUT2D eigenvalue weighted by molar-refractivity contribution is 0.478. The Bertz CT molecular complexity index is 515. The minimum absolute atomic E-state index is 0.117. The van der Waals surface area contributed by atoms with E-state index in [0.717, 1.165) is 12.8 Å². The second kappa shape index (κ2) is 4.48. The molecule has 1 atom stereocenters. The van der Waals surface area contributed by atoms with Crippen molar-refractivity contribution in [2.75, 3.05) is 23.0 Å². The van der Waals surface area contributed by atoms with Gasteiger partial charge < -0.3 is 11.5 Å². The number of hydrogen-bond donors (Lipinski definition) is 2. The van der Waals surface area contributed by atoms with Crippen molar-refractivity contribution in [2.24, 2.45) is 5.92 Å². The van der Waals surface area contributed by atoms with E-state index in [4.69, 9.17) is 11.5 Å². The van der Waals surface area contributed by atoms with Gasteiger partial charge in [0.1, 0.15) is 0 Å². The van der Waals surface area contributed by atoms with Crippen LogP contribution in [0.2, 0.25) is 0 Å². The van der Waals surface area contributed by atoms with Crippen molar-refractivity contribution in [1.82, 2.24) is 10.2 Å². The van der Waals surface area contributed by atoms with E-state index in [-0.39, 0.29) is 17.5 Å². The van der Waals surface area contributed by atoms with Gasteiger partial charge in [0.15, 0.2) is 15.7 Å². The lowest BCUT2D eigenvalue weighted by Crippen LogP contribution is -2.26. The van der Waals surface area contributed by atoms with E-state index >= 15 is 0 Å². The zero-order valence-electron chi connectivity index (χ0n) is 9.46. The van der Waals surface area contributed by atoms with Gasteiger partial charge in [-0.05, 0) is 31.2 Å². The van der Waals surface area contributed by atoms with Gasteiger partial charge in [-0.2, -0.15) is 5.10 Å². The van der Waals surface area contributed by atoms with Crippen molar-refractivity contribution in [2.45, 2.75) is 19.3 Å². The number of nitrogens with zero attached hydrogens (tertiary/aromatic N) is 2. The highest BCUT2D eigenvalue weighted by molar-refractivity contribution is 7.91. The fourth-order valence-corrected chi connectivity index (χ4v) is 3.91. The van der Waals surface area contributed by atoms with Crippen LogP contribution in [0.1, 0.15) is 18.5 Å². The molecule has 0 aliphatic carbocycles. The van der Waals surface area contributed by atoms with Gasteiger partial charge in [-0.1, -0.05) is 0 Å². The molecule has 4 N–H and O–H groups in total. The molecule has 6 nitrogen and oxygen atoms in total. The SMILES string of the molecule is Nc1cc(CC2CCCS(=O)(=O)C2)nnc1N. The van der Waals surface area contributed by atoms with Crippen LogP contribution < -0.4 is 11.5 Å². The van der Waals surface area contributed by atoms with Crippen molar-refractivity contribution in [3.8, 4) is 0 Å². The normalized spacial score (nSPS) is 23.4. The third-order valence-corrected chi connectivity index (χ3v) is 4.85. The molecule has 7 heteroatoms. The molecular weight excluding hydrogens is 240 g/mol. The van der Waals surface area contributed by atoms with E-state index < -0.39 is 9.84 Å². The van der Waals surface area contributed by atoms with Crippen molar-refractivity contribution in [1.29, 1.82) is 0 Å². The van der Waals surface area contributed by atoms with Gasteiger partial charge in [-0.3, -0.25) is 0 Å². The highest BCUT2D eigenvalue weighted by Gasteiger charge is 2.25. The third-order valence-electron chi connectivity index (χ3n) is 2.96. The summed E-state index contributed by atoms with van der Waals surface area (Å²) in [5.41, 5.74) is 12.2. The van der Waals surface area contributed by atoms with Crippen LogP contribution in [0, 0.1) is 5.92 Å². The zero-order chi connectivity index (χ0) is 12.5. The topological polar surface area (TPSA) is 112 Å². The van der Waals surface area contributed by atoms with Gasteiger partial charge in [0, 0.05) is 0 Å². The Morgan fingerprint density at radius 2 is 2.12 bits per heavy atom. The predicted octanol–water partition coefficient (Wildman–Crippen LogP) is 0.00830. The predicted molar refractivity (Wildman–Crippen MR) is 65.9 cm³/mol. The maximum absolute atomic E-state index is 11.5. The fourth-order valence-electron chi connectivity index (χ4n) is 2.13. The molecule has 0 amide bonds. The second-order valence-electron chi connectivity index (χ2n) is 4.50. The van der Waals surface area contributed by atoms with Crippen LogP contribution in [0.3, 0.4) is 0 Å². The Kier molecular flexibility index (Phi) is 3.19. The minimum Gasteiger partial charge on any atom is -0.396 e. The first-order valence-corrected chi connectivity index (χ1v) is 7.36. The highest BCUT2D eigenvalue weighted by atomic mass is 32.2. The fraction of sp³-hybridized carbons (Fsp3) is 0.600. The van der Waals surface area contributed by atoms with Crippen LogP contribution >= 0.6 is 0 Å². The second-order valence-corrected chi connectivity index (χ2v) is 6.73. The zero-order valence-corrected chi connectivity index (χ0v) is 10.3. The Morgan fingerprint density at radius 3 is 2.76 bits per heavy atom. The van der Waals surface area contributed by atoms with E-state index in [1.54, 1.807) is 6.07 Å². The van der Waals surface area contributed by atoms with E-state index in [0.29, 0.717) is 23.6 Å². The largest absolute Gasteiger partial charge is 0.396 e. The molecule has 0 radical (unpaired) electrons. The quantitative estimate of drug-likeness (QED) is 0.770. The summed E-state index contributed by atoms with van der Waals surface area (Å²) in [5.74, 6) is 0.869. The molecule has 1 aliphatic rings. The smallest absolute Gasteiger partial charge is 0.169 e. The van der Waals surface area contributed by atoms with Gasteiger partial charge >= 0.3 is 0 Å². The summed E-state index contributed by atoms with van der Waals surface area (Å²) in [7, 11) is -2.87. The Balaban J connectivity index is 2.08. The van der Waals surface area contributed by atoms with Crippen LogP contribution in [0.4, 0.5) is 11.5 Å². The van der Waals surface area contributed by atoms with E-state index in [2.05, 4.69) is 10.2 Å². The Hall–Kier alpha value is -1.37. The van der Waals surface area contributed by atoms with Crippen molar-refractivity contribution < 1.29 is 8.42 Å². The average Bonchev–Trinajstić information content (AvgIpc) is 2.22. The first-order valence-electron chi connectivity index (χ1n) is 5.54. The molecule has 1 aliphatic heterocycles. The maximum atomic E-state index is 11.5. The molecule has 0 bridgehead atoms. The van der Waals surface area contributed by atoms with E-state index in [1.165, 1.54) is 0 Å². The molecule has 17 heavy (non-hydrogen) atoms. The lowest BCUT2D eigenvalue weighted by atomic mass is 9.99. The summed E-state index contributed by atoms with van der Waals surface area (Å²) in [6.07, 6.45) is 2.23. The average molecular weight is 256 g/mol. The summed E-state index contributed by atoms with van der Waals surface area (Å²) in [5, 5.41) is 7.66. The molecular formula is C10H16N4O2S. The van der Waals surface area contributed by atoms with Crippen LogP contribution in [0.5, 0.6) is 0 Å². The molecule has 0 aromatic carbocycles. The van der Waals surface area contributed by atoms with Gasteiger partial charge in [0.25, 0.3) is 0 Å². The summed E-state index contributed by atoms with van der Waals surface area (Å²) in [4.78, 5) is 0. The third kappa shape index (κ3) is 3.06. The highest BCUT2D eigenvalue weighted by Crippen LogP contribution is 2.22. The monoisotopic (exact) mass is 256 g/mol. The lowest BCUT2D eigenvalue weighted by Gasteiger charge is -2.21. The molecule has 94 valence electrons. The Morgan fingerprint density at radius 1 is 1.35 bits per heavy atom. The number of sulfone groups is 1. The number of aromatic nitrogens is 2. The molecule has 2 rings (SSSR count). The number of hydrogen-bond acceptors (Lipinski definition) is 6. The van der Waals surface area contributed by atoms with Gasteiger partial charge in [0.2, 0.25) is 0 Å². The first-order chi connectivity index (χ1) is 7.96. The molecule has 2 heterocycles. The number of nitrogens with two attached hydrogens (primary N) is 2. The van der Waals surface area contributed by atoms with Crippen molar-refractivity contribution in [3.63, 3.8) is 0 Å². The standard InChI is InChI=1S/C10H16N4O2S/c11-9-5-8(13-14-10(9)12)4-7-2-1-3-17(15,16)6-7/h5,7H,1-4,6H2,(H2,11,13)(H2,12,14). The summed E-state index contributed by atoms with van der Waals surface area (Å²) < 4.78 is 23.0. The van der Waals surface area contributed by atoms with Crippen molar-refractivity contribution >= 4 is 21.3 Å². The van der Waals surface area contributed by atoms with Crippen LogP contribution in [0.15, 0.2) is 6.07 Å². The molecule has 0 spiro atoms. The number of rotatable bonds is 2. The molecule has 0 saturated carbocycles. The van der Waals surface area contributed by atoms with Crippen LogP contribution in [0.25, 0.3) is 0 Å². The van der Waals surface area contributed by atoms with E-state index in [9.17, 15) is 8.42 Å². The number of nitrogen functional groups attached to an aromatic ring is 2. The van der Waals surface area contributed by atoms with E-state index in [1.807, 2.05) is 0 Å². The van der Waals surface area contributed by atoms with Crippen LogP contribution in [-0.4, -0.2) is 30.1 Å². The maximum Gasteiger partial charge on any atom is 0.169 e. The van der Waals surface area contributed by atoms with Crippen molar-refractivity contribution in [3.05, 3.63) is 11.8 Å². The van der Waals surface area contributed by atoms with Gasteiger partial charge in [-0.15, -0.1) is 5.10 Å². The number of anilines is 2. The molecule has 1 aromatic heterocycles. The molecule has 1 fully saturated rings. The Labute approximate surface area is 100 Å². The summed E-state index contributed by atoms with van der Waals surface area (Å²) in [6, 6.07) is 1.67. The molecule has 1 saturated heterocycles. The minimum atomic E-state index is -2.87. The first kappa shape index (κ1) is 12.1. The summed E-state index contributed by atoms with van der Waals surface area (Å²) >= 11 is 0. The van der Waals surface area contributed by atoms with Gasteiger partial charge in [0.05, 0.1) is 22.9 Å². The van der Waals surface area contributed by atoms with Crippen LogP contribution in [-0.2, 0) is 16.3 Å².